The number of halogens is 2. The molecule has 1 aromatic carbocycles. The van der Waals surface area contributed by atoms with Crippen molar-refractivity contribution in [3.8, 4) is 0 Å². The second-order valence-electron chi connectivity index (χ2n) is 2.93. The molecule has 0 saturated carbocycles. The van der Waals surface area contributed by atoms with E-state index in [-0.39, 0.29) is 17.3 Å². The van der Waals surface area contributed by atoms with Gasteiger partial charge in [-0.1, -0.05) is 11.6 Å². The summed E-state index contributed by atoms with van der Waals surface area (Å²) < 4.78 is 38.5. The largest absolute Gasteiger partial charge is 0.396 e. The van der Waals surface area contributed by atoms with E-state index in [1.807, 2.05) is 4.72 Å². The first-order chi connectivity index (χ1) is 7.38. The van der Waals surface area contributed by atoms with Crippen LogP contribution < -0.4 is 10.5 Å². The number of hydrogen-bond donors (Lipinski definition) is 3. The summed E-state index contributed by atoms with van der Waals surface area (Å²) >= 11 is 5.57. The third-order valence-corrected chi connectivity index (χ3v) is 3.40. The van der Waals surface area contributed by atoms with Crippen molar-refractivity contribution >= 4 is 27.3 Å². The van der Waals surface area contributed by atoms with Crippen LogP contribution >= 0.6 is 11.6 Å². The molecule has 0 aliphatic rings. The molecule has 16 heavy (non-hydrogen) atoms. The molecule has 8 heteroatoms. The summed E-state index contributed by atoms with van der Waals surface area (Å²) in [6.45, 7) is -0.606. The lowest BCUT2D eigenvalue weighted by Crippen LogP contribution is -2.27. The van der Waals surface area contributed by atoms with Crippen LogP contribution in [0.5, 0.6) is 0 Å². The van der Waals surface area contributed by atoms with E-state index in [0.29, 0.717) is 0 Å². The van der Waals surface area contributed by atoms with Gasteiger partial charge in [-0.2, -0.15) is 0 Å². The van der Waals surface area contributed by atoms with Gasteiger partial charge in [0.05, 0.1) is 12.3 Å². The van der Waals surface area contributed by atoms with E-state index in [9.17, 15) is 12.8 Å². The van der Waals surface area contributed by atoms with Crippen molar-refractivity contribution in [3.05, 3.63) is 23.0 Å². The van der Waals surface area contributed by atoms with Gasteiger partial charge in [0.1, 0.15) is 4.90 Å². The standard InChI is InChI=1S/C8H10ClFN2O3S/c9-5-3-6(11)8(10)7(4-5)16(14,15)12-1-2-13/h3-4,12-13H,1-2,11H2. The fourth-order valence-corrected chi connectivity index (χ4v) is 2.48. The lowest BCUT2D eigenvalue weighted by molar-refractivity contribution is 0.301. The minimum absolute atomic E-state index is 0.0169. The average Bonchev–Trinajstić information content (AvgIpc) is 2.20. The van der Waals surface area contributed by atoms with Gasteiger partial charge in [0.25, 0.3) is 0 Å². The zero-order chi connectivity index (χ0) is 12.3. The van der Waals surface area contributed by atoms with E-state index in [2.05, 4.69) is 0 Å². The van der Waals surface area contributed by atoms with Crippen LogP contribution in [0.2, 0.25) is 5.02 Å². The molecular weight excluding hydrogens is 259 g/mol. The molecule has 1 rings (SSSR count). The normalized spacial score (nSPS) is 11.7. The van der Waals surface area contributed by atoms with Gasteiger partial charge in [-0.3, -0.25) is 0 Å². The predicted molar refractivity (Wildman–Crippen MR) is 58.1 cm³/mol. The first-order valence-electron chi connectivity index (χ1n) is 4.23. The van der Waals surface area contributed by atoms with Crippen LogP contribution in [0.15, 0.2) is 17.0 Å². The van der Waals surface area contributed by atoms with Gasteiger partial charge in [-0.05, 0) is 12.1 Å². The Hall–Kier alpha value is -0.890. The molecule has 0 radical (unpaired) electrons. The maximum absolute atomic E-state index is 13.4. The van der Waals surface area contributed by atoms with Gasteiger partial charge in [-0.25, -0.2) is 17.5 Å². The van der Waals surface area contributed by atoms with Gasteiger partial charge >= 0.3 is 0 Å². The summed E-state index contributed by atoms with van der Waals surface area (Å²) in [6, 6.07) is 2.06. The Balaban J connectivity index is 3.22. The molecule has 1 aromatic rings. The van der Waals surface area contributed by atoms with E-state index < -0.39 is 27.3 Å². The van der Waals surface area contributed by atoms with Crippen molar-refractivity contribution in [2.24, 2.45) is 0 Å². The van der Waals surface area contributed by atoms with Crippen molar-refractivity contribution < 1.29 is 17.9 Å². The van der Waals surface area contributed by atoms with Crippen LogP contribution in [0.3, 0.4) is 0 Å². The SMILES string of the molecule is Nc1cc(Cl)cc(S(=O)(=O)NCCO)c1F. The van der Waals surface area contributed by atoms with Crippen LogP contribution in [0, 0.1) is 5.82 Å². The molecule has 0 unspecified atom stereocenters. The second-order valence-corrected chi connectivity index (χ2v) is 5.10. The van der Waals surface area contributed by atoms with E-state index in [1.165, 1.54) is 0 Å². The van der Waals surface area contributed by atoms with E-state index in [0.717, 1.165) is 12.1 Å². The highest BCUT2D eigenvalue weighted by molar-refractivity contribution is 7.89. The van der Waals surface area contributed by atoms with Crippen molar-refractivity contribution in [1.82, 2.24) is 4.72 Å². The quantitative estimate of drug-likeness (QED) is 0.686. The molecule has 90 valence electrons. The van der Waals surface area contributed by atoms with Gasteiger partial charge in [-0.15, -0.1) is 0 Å². The number of nitrogen functional groups attached to an aromatic ring is 1. The number of aliphatic hydroxyl groups excluding tert-OH is 1. The van der Waals surface area contributed by atoms with Gasteiger partial charge < -0.3 is 10.8 Å². The fourth-order valence-electron chi connectivity index (χ4n) is 1.04. The number of rotatable bonds is 4. The zero-order valence-electron chi connectivity index (χ0n) is 8.07. The lowest BCUT2D eigenvalue weighted by atomic mass is 10.3. The molecule has 0 aliphatic heterocycles. The van der Waals surface area contributed by atoms with Crippen LogP contribution in [0.25, 0.3) is 0 Å². The van der Waals surface area contributed by atoms with Crippen molar-refractivity contribution in [2.75, 3.05) is 18.9 Å². The van der Waals surface area contributed by atoms with Crippen LogP contribution in [-0.4, -0.2) is 26.7 Å². The molecule has 0 fully saturated rings. The minimum atomic E-state index is -4.05. The molecule has 0 aromatic heterocycles. The molecule has 0 atom stereocenters. The monoisotopic (exact) mass is 268 g/mol. The number of nitrogens with one attached hydrogen (secondary N) is 1. The highest BCUT2D eigenvalue weighted by Crippen LogP contribution is 2.24. The summed E-state index contributed by atoms with van der Waals surface area (Å²) in [5.41, 5.74) is 4.90. The number of benzene rings is 1. The zero-order valence-corrected chi connectivity index (χ0v) is 9.65. The summed E-state index contributed by atoms with van der Waals surface area (Å²) in [6.07, 6.45) is 0. The van der Waals surface area contributed by atoms with Crippen LogP contribution in [-0.2, 0) is 10.0 Å². The summed E-state index contributed by atoms with van der Waals surface area (Å²) in [7, 11) is -4.05. The summed E-state index contributed by atoms with van der Waals surface area (Å²) in [4.78, 5) is -0.633. The molecular formula is C8H10ClFN2O3S. The van der Waals surface area contributed by atoms with Crippen LogP contribution in [0.1, 0.15) is 0 Å². The molecule has 0 bridgehead atoms. The smallest absolute Gasteiger partial charge is 0.243 e. The molecule has 0 saturated heterocycles. The third-order valence-electron chi connectivity index (χ3n) is 1.73. The Kier molecular flexibility index (Phi) is 4.09. The number of aliphatic hydroxyl groups is 1. The Bertz CT molecular complexity index is 492. The summed E-state index contributed by atoms with van der Waals surface area (Å²) in [5, 5.41) is 8.50. The second kappa shape index (κ2) is 4.96. The fraction of sp³-hybridized carbons (Fsp3) is 0.250. The van der Waals surface area contributed by atoms with Crippen LogP contribution in [0.4, 0.5) is 10.1 Å². The highest BCUT2D eigenvalue weighted by Gasteiger charge is 2.21. The minimum Gasteiger partial charge on any atom is -0.396 e. The van der Waals surface area contributed by atoms with Gasteiger partial charge in [0, 0.05) is 11.6 Å². The molecule has 0 aliphatic carbocycles. The molecule has 5 nitrogen and oxygen atoms in total. The number of nitrogens with two attached hydrogens (primary N) is 1. The maximum Gasteiger partial charge on any atom is 0.243 e. The Labute approximate surface area is 97.1 Å². The number of anilines is 1. The Morgan fingerprint density at radius 3 is 2.69 bits per heavy atom. The maximum atomic E-state index is 13.4. The van der Waals surface area contributed by atoms with Crippen molar-refractivity contribution in [2.45, 2.75) is 4.90 Å². The number of hydrogen-bond acceptors (Lipinski definition) is 4. The van der Waals surface area contributed by atoms with Crippen molar-refractivity contribution in [1.29, 1.82) is 0 Å². The topological polar surface area (TPSA) is 92.4 Å². The van der Waals surface area contributed by atoms with Crippen molar-refractivity contribution in [3.63, 3.8) is 0 Å². The molecule has 0 amide bonds. The Morgan fingerprint density at radius 2 is 2.12 bits per heavy atom. The predicted octanol–water partition coefficient (Wildman–Crippen LogP) is 0.332. The lowest BCUT2D eigenvalue weighted by Gasteiger charge is -2.08. The van der Waals surface area contributed by atoms with Gasteiger partial charge in [0.15, 0.2) is 5.82 Å². The first-order valence-corrected chi connectivity index (χ1v) is 6.09. The average molecular weight is 269 g/mol. The van der Waals surface area contributed by atoms with E-state index >= 15 is 0 Å². The molecule has 0 spiro atoms. The first kappa shape index (κ1) is 13.2. The molecule has 4 N–H and O–H groups in total. The van der Waals surface area contributed by atoms with Gasteiger partial charge in [0.2, 0.25) is 10.0 Å². The van der Waals surface area contributed by atoms with E-state index in [4.69, 9.17) is 22.4 Å². The number of sulfonamides is 1. The van der Waals surface area contributed by atoms with E-state index in [1.54, 1.807) is 0 Å². The third kappa shape index (κ3) is 2.82. The Morgan fingerprint density at radius 1 is 1.50 bits per heavy atom. The molecule has 0 heterocycles. The highest BCUT2D eigenvalue weighted by atomic mass is 35.5. The summed E-state index contributed by atoms with van der Waals surface area (Å²) in [5.74, 6) is -1.06.